The molecule has 0 bridgehead atoms. The molecular formula is C19H26N4O3. The zero-order chi connectivity index (χ0) is 18.4. The van der Waals surface area contributed by atoms with Gasteiger partial charge < -0.3 is 14.5 Å². The Morgan fingerprint density at radius 3 is 2.69 bits per heavy atom. The van der Waals surface area contributed by atoms with Crippen LogP contribution in [0.4, 0.5) is 0 Å². The van der Waals surface area contributed by atoms with Crippen LogP contribution in [0.1, 0.15) is 24.8 Å². The number of nitrogens with zero attached hydrogens (tertiary/aromatic N) is 3. The molecule has 0 unspecified atom stereocenters. The maximum absolute atomic E-state index is 12.1. The first-order valence-electron chi connectivity index (χ1n) is 9.09. The molecule has 140 valence electrons. The van der Waals surface area contributed by atoms with Gasteiger partial charge in [-0.15, -0.1) is 10.2 Å². The molecule has 0 spiro atoms. The van der Waals surface area contributed by atoms with Crippen molar-refractivity contribution in [1.29, 1.82) is 0 Å². The van der Waals surface area contributed by atoms with E-state index in [-0.39, 0.29) is 11.9 Å². The highest BCUT2D eigenvalue weighted by Crippen LogP contribution is 2.18. The second-order valence-electron chi connectivity index (χ2n) is 6.75. The first kappa shape index (κ1) is 18.5. The van der Waals surface area contributed by atoms with Crippen molar-refractivity contribution in [1.82, 2.24) is 20.4 Å². The van der Waals surface area contributed by atoms with Crippen molar-refractivity contribution in [3.05, 3.63) is 35.7 Å². The molecule has 7 heteroatoms. The van der Waals surface area contributed by atoms with Crippen LogP contribution in [0.5, 0.6) is 0 Å². The number of benzene rings is 1. The summed E-state index contributed by atoms with van der Waals surface area (Å²) in [6.07, 6.45) is 0.776. The van der Waals surface area contributed by atoms with Crippen LogP contribution in [0.2, 0.25) is 0 Å². The van der Waals surface area contributed by atoms with Gasteiger partial charge in [0.05, 0.1) is 13.2 Å². The lowest BCUT2D eigenvalue weighted by Crippen LogP contribution is -2.46. The molecule has 1 amide bonds. The summed E-state index contributed by atoms with van der Waals surface area (Å²) in [7, 11) is 0. The van der Waals surface area contributed by atoms with Crippen molar-refractivity contribution in [3.8, 4) is 11.5 Å². The molecule has 7 nitrogen and oxygen atoms in total. The zero-order valence-electron chi connectivity index (χ0n) is 15.4. The predicted octanol–water partition coefficient (Wildman–Crippen LogP) is 1.81. The SMILES string of the molecule is Cc1ccc(-c2nnc(CCC(=O)N[C@H](C)CN3CCOCC3)o2)cc1. The number of rotatable bonds is 7. The second kappa shape index (κ2) is 8.91. The van der Waals surface area contributed by atoms with Gasteiger partial charge >= 0.3 is 0 Å². The van der Waals surface area contributed by atoms with E-state index in [4.69, 9.17) is 9.15 Å². The minimum atomic E-state index is 0.000783. The summed E-state index contributed by atoms with van der Waals surface area (Å²) in [5, 5.41) is 11.1. The topological polar surface area (TPSA) is 80.5 Å². The van der Waals surface area contributed by atoms with E-state index in [2.05, 4.69) is 20.4 Å². The summed E-state index contributed by atoms with van der Waals surface area (Å²) in [4.78, 5) is 14.4. The third-order valence-electron chi connectivity index (χ3n) is 4.37. The minimum absolute atomic E-state index is 0.000783. The number of amides is 1. The largest absolute Gasteiger partial charge is 0.421 e. The summed E-state index contributed by atoms with van der Waals surface area (Å²) in [6.45, 7) is 8.26. The van der Waals surface area contributed by atoms with Crippen LogP contribution in [-0.4, -0.2) is 59.9 Å². The highest BCUT2D eigenvalue weighted by molar-refractivity contribution is 5.76. The molecule has 1 saturated heterocycles. The average molecular weight is 358 g/mol. The summed E-state index contributed by atoms with van der Waals surface area (Å²) < 4.78 is 11.0. The Labute approximate surface area is 153 Å². The van der Waals surface area contributed by atoms with Crippen molar-refractivity contribution in [2.45, 2.75) is 32.7 Å². The third kappa shape index (κ3) is 5.37. The number of nitrogens with one attached hydrogen (secondary N) is 1. The molecule has 0 saturated carbocycles. The van der Waals surface area contributed by atoms with Gasteiger partial charge in [0.2, 0.25) is 17.7 Å². The summed E-state index contributed by atoms with van der Waals surface area (Å²) in [5.74, 6) is 0.971. The van der Waals surface area contributed by atoms with Crippen LogP contribution < -0.4 is 5.32 Å². The van der Waals surface area contributed by atoms with E-state index in [0.717, 1.165) is 38.4 Å². The van der Waals surface area contributed by atoms with Crippen molar-refractivity contribution < 1.29 is 13.9 Å². The van der Waals surface area contributed by atoms with Gasteiger partial charge in [-0.2, -0.15) is 0 Å². The molecule has 1 fully saturated rings. The number of hydrogen-bond acceptors (Lipinski definition) is 6. The van der Waals surface area contributed by atoms with E-state index in [1.165, 1.54) is 5.56 Å². The lowest BCUT2D eigenvalue weighted by Gasteiger charge is -2.29. The summed E-state index contributed by atoms with van der Waals surface area (Å²) in [5.41, 5.74) is 2.06. The van der Waals surface area contributed by atoms with Crippen LogP contribution in [0.15, 0.2) is 28.7 Å². The zero-order valence-corrected chi connectivity index (χ0v) is 15.4. The van der Waals surface area contributed by atoms with Crippen LogP contribution in [0.25, 0.3) is 11.5 Å². The van der Waals surface area contributed by atoms with E-state index >= 15 is 0 Å². The van der Waals surface area contributed by atoms with Crippen LogP contribution >= 0.6 is 0 Å². The van der Waals surface area contributed by atoms with Crippen LogP contribution in [0, 0.1) is 6.92 Å². The fraction of sp³-hybridized carbons (Fsp3) is 0.526. The second-order valence-corrected chi connectivity index (χ2v) is 6.75. The van der Waals surface area contributed by atoms with E-state index < -0.39 is 0 Å². The third-order valence-corrected chi connectivity index (χ3v) is 4.37. The molecule has 1 aliphatic heterocycles. The van der Waals surface area contributed by atoms with Crippen molar-refractivity contribution in [2.75, 3.05) is 32.8 Å². The number of carbonyl (C=O) groups excluding carboxylic acids is 1. The fourth-order valence-electron chi connectivity index (χ4n) is 2.95. The number of aromatic nitrogens is 2. The van der Waals surface area contributed by atoms with Gasteiger partial charge in [-0.1, -0.05) is 17.7 Å². The maximum Gasteiger partial charge on any atom is 0.247 e. The number of carbonyl (C=O) groups is 1. The number of morpholine rings is 1. The van der Waals surface area contributed by atoms with E-state index in [1.807, 2.05) is 38.1 Å². The Morgan fingerprint density at radius 2 is 1.96 bits per heavy atom. The normalized spacial score (nSPS) is 16.4. The van der Waals surface area contributed by atoms with Crippen molar-refractivity contribution in [3.63, 3.8) is 0 Å². The molecule has 1 aromatic carbocycles. The molecule has 0 aliphatic carbocycles. The highest BCUT2D eigenvalue weighted by atomic mass is 16.5. The molecule has 3 rings (SSSR count). The standard InChI is InChI=1S/C19H26N4O3/c1-14-3-5-16(6-4-14)19-22-21-18(26-19)8-7-17(24)20-15(2)13-23-9-11-25-12-10-23/h3-6,15H,7-13H2,1-2H3,(H,20,24)/t15-/m1/s1. The van der Waals surface area contributed by atoms with Gasteiger partial charge in [-0.25, -0.2) is 0 Å². The molecule has 1 aromatic heterocycles. The highest BCUT2D eigenvalue weighted by Gasteiger charge is 2.16. The number of hydrogen-bond donors (Lipinski definition) is 1. The monoisotopic (exact) mass is 358 g/mol. The molecule has 1 atom stereocenters. The lowest BCUT2D eigenvalue weighted by atomic mass is 10.1. The Morgan fingerprint density at radius 1 is 1.23 bits per heavy atom. The van der Waals surface area contributed by atoms with Crippen molar-refractivity contribution >= 4 is 5.91 Å². The molecule has 26 heavy (non-hydrogen) atoms. The van der Waals surface area contributed by atoms with E-state index in [1.54, 1.807) is 0 Å². The van der Waals surface area contributed by atoms with Crippen molar-refractivity contribution in [2.24, 2.45) is 0 Å². The average Bonchev–Trinajstić information content (AvgIpc) is 3.10. The molecular weight excluding hydrogens is 332 g/mol. The van der Waals surface area contributed by atoms with Crippen LogP contribution in [-0.2, 0) is 16.0 Å². The quantitative estimate of drug-likeness (QED) is 0.813. The van der Waals surface area contributed by atoms with Gasteiger partial charge in [-0.05, 0) is 26.0 Å². The molecule has 1 aliphatic rings. The Kier molecular flexibility index (Phi) is 6.35. The van der Waals surface area contributed by atoms with Gasteiger partial charge in [0.1, 0.15) is 0 Å². The molecule has 2 heterocycles. The van der Waals surface area contributed by atoms with E-state index in [9.17, 15) is 4.79 Å². The predicted molar refractivity (Wildman–Crippen MR) is 97.7 cm³/mol. The van der Waals surface area contributed by atoms with Gasteiger partial charge in [0, 0.05) is 44.1 Å². The Balaban J connectivity index is 1.43. The fourth-order valence-corrected chi connectivity index (χ4v) is 2.95. The number of ether oxygens (including phenoxy) is 1. The molecule has 0 radical (unpaired) electrons. The number of aryl methyl sites for hydroxylation is 2. The molecule has 1 N–H and O–H groups in total. The summed E-state index contributed by atoms with van der Waals surface area (Å²) >= 11 is 0. The Hall–Kier alpha value is -2.25. The lowest BCUT2D eigenvalue weighted by molar-refractivity contribution is -0.121. The van der Waals surface area contributed by atoms with Gasteiger partial charge in [0.25, 0.3) is 0 Å². The summed E-state index contributed by atoms with van der Waals surface area (Å²) in [6, 6.07) is 8.01. The van der Waals surface area contributed by atoms with E-state index in [0.29, 0.717) is 24.6 Å². The minimum Gasteiger partial charge on any atom is -0.421 e. The first-order valence-corrected chi connectivity index (χ1v) is 9.09. The smallest absolute Gasteiger partial charge is 0.247 e. The Bertz CT molecular complexity index is 708. The van der Waals surface area contributed by atoms with Gasteiger partial charge in [0.15, 0.2) is 0 Å². The first-order chi connectivity index (χ1) is 12.6. The molecule has 2 aromatic rings. The maximum atomic E-state index is 12.1. The van der Waals surface area contributed by atoms with Gasteiger partial charge in [-0.3, -0.25) is 9.69 Å². The van der Waals surface area contributed by atoms with Crippen LogP contribution in [0.3, 0.4) is 0 Å².